The molecular formula is C53H70Cl4N28O9. The van der Waals surface area contributed by atoms with Gasteiger partial charge in [0.1, 0.15) is 23.4 Å². The number of anilines is 5. The van der Waals surface area contributed by atoms with Crippen molar-refractivity contribution in [1.29, 1.82) is 0 Å². The molecule has 2 aliphatic rings. The first kappa shape index (κ1) is 76.3. The van der Waals surface area contributed by atoms with Crippen LogP contribution in [0.4, 0.5) is 38.9 Å². The van der Waals surface area contributed by atoms with Gasteiger partial charge in [-0.2, -0.15) is 50.3 Å². The van der Waals surface area contributed by atoms with Gasteiger partial charge in [-0.1, -0.05) is 23.7 Å². The number of hydrogen-bond donors (Lipinski definition) is 14. The third kappa shape index (κ3) is 23.5. The highest BCUT2D eigenvalue weighted by Gasteiger charge is 2.27. The van der Waals surface area contributed by atoms with E-state index in [0.717, 1.165) is 22.3 Å². The molecule has 0 bridgehead atoms. The number of carboxylic acids is 1. The normalized spacial score (nSPS) is 13.3. The molecule has 0 saturated heterocycles. The van der Waals surface area contributed by atoms with Crippen LogP contribution in [0.15, 0.2) is 34.8 Å². The van der Waals surface area contributed by atoms with Gasteiger partial charge in [0.15, 0.2) is 47.1 Å². The molecule has 0 spiro atoms. The van der Waals surface area contributed by atoms with Gasteiger partial charge in [0, 0.05) is 35.4 Å². The van der Waals surface area contributed by atoms with Crippen molar-refractivity contribution in [2.24, 2.45) is 27.3 Å². The van der Waals surface area contributed by atoms with Gasteiger partial charge < -0.3 is 63.4 Å². The van der Waals surface area contributed by atoms with E-state index >= 15 is 0 Å². The second-order valence-corrected chi connectivity index (χ2v) is 20.7. The molecule has 94 heavy (non-hydrogen) atoms. The lowest BCUT2D eigenvalue weighted by atomic mass is 10.2. The molecule has 7 aromatic rings. The predicted octanol–water partition coefficient (Wildman–Crippen LogP) is 1.98. The van der Waals surface area contributed by atoms with E-state index < -0.39 is 42.2 Å². The van der Waals surface area contributed by atoms with Crippen molar-refractivity contribution < 1.29 is 43.6 Å². The molecule has 0 aromatic carbocycles. The van der Waals surface area contributed by atoms with Crippen molar-refractivity contribution in [3.63, 3.8) is 0 Å². The number of nitrogens with one attached hydrogen (secondary N) is 7. The second-order valence-electron chi connectivity index (χ2n) is 19.2. The minimum absolute atomic E-state index is 0.0918. The highest BCUT2D eigenvalue weighted by atomic mass is 35.5. The van der Waals surface area contributed by atoms with E-state index in [2.05, 4.69) is 138 Å². The molecule has 3 unspecified atom stereocenters. The van der Waals surface area contributed by atoms with Crippen molar-refractivity contribution in [2.45, 2.75) is 119 Å². The van der Waals surface area contributed by atoms with E-state index in [1.54, 1.807) is 92.0 Å². The van der Waals surface area contributed by atoms with Gasteiger partial charge in [-0.15, -0.1) is 57.4 Å². The lowest BCUT2D eigenvalue weighted by Gasteiger charge is -2.24. The Labute approximate surface area is 557 Å². The Morgan fingerprint density at radius 3 is 1.73 bits per heavy atom. The number of amides is 1. The zero-order valence-electron chi connectivity index (χ0n) is 52.1. The second kappa shape index (κ2) is 38.0. The zero-order valence-corrected chi connectivity index (χ0v) is 55.1. The number of hydrazine groups is 3. The summed E-state index contributed by atoms with van der Waals surface area (Å²) in [7, 11) is 0. The number of carboxylic acid groups (broad SMARTS) is 1. The number of hydrogen-bond acceptors (Lipinski definition) is 30. The number of fused-ring (bicyclic) bond motifs is 6. The summed E-state index contributed by atoms with van der Waals surface area (Å²) < 4.78 is 22.0. The van der Waals surface area contributed by atoms with Crippen LogP contribution in [-0.4, -0.2) is 156 Å². The number of halogens is 4. The molecule has 0 radical (unpaired) electrons. The van der Waals surface area contributed by atoms with Crippen LogP contribution in [0.5, 0.6) is 0 Å². The van der Waals surface area contributed by atoms with Gasteiger partial charge in [0.25, 0.3) is 0 Å². The van der Waals surface area contributed by atoms with Crippen LogP contribution in [0, 0.1) is 47.4 Å². The number of nitrogens with two attached hydrogens (primary N) is 5. The Bertz CT molecular complexity index is 4050. The topological polar surface area (TPSA) is 516 Å². The van der Waals surface area contributed by atoms with Crippen LogP contribution in [0.25, 0.3) is 27.7 Å². The van der Waals surface area contributed by atoms with E-state index in [1.807, 2.05) is 11.8 Å². The van der Waals surface area contributed by atoms with Crippen LogP contribution in [0.2, 0.25) is 0 Å². The third-order valence-corrected chi connectivity index (χ3v) is 11.5. The van der Waals surface area contributed by atoms with E-state index in [4.69, 9.17) is 85.0 Å². The standard InChI is InChI=1S/C12H20ClN7O2.C11H14ClN7O.C11H10ClN7.C8H10O4.C7H12ClN7.C4H4O2/c1-12(2,3)22-11(21)19-18-8-7-6-15-20(5-4-13)9(7)17-10(14)16-8;1-2-3-8(20)17-18-9-7-6-14-19(5-4-12)10(7)16-11(13)15-9;1-2-3-8-15-10-7-6-14-18(5-4-12)9(7)16-11(13)19(10)17-8;1-4-5-7(9)12-8(10)11-6(2)3;8-1-2-15-6-4(3-11-15)5(14-10)12-7(9)13-6;1-2-3-4(5)6/h6,8,18H,4-5H2,1-3H3,(H,19,21)(H3,14,16,17);6,8,17,20H,4-5H2,1H3,(H3,13,15,16,18);6H,4-5H2,1H3,(H2,13,16);6H,1-3H3;3,5,14H,1-2,10H2,(H3,9,12,13);1H3,(H,5,6). The number of nitrogens with zero attached hydrogens (tertiary/aromatic N) is 16. The van der Waals surface area contributed by atoms with Crippen LogP contribution in [0.3, 0.4) is 0 Å². The first-order chi connectivity index (χ1) is 44.8. The fourth-order valence-electron chi connectivity index (χ4n) is 7.38. The minimum atomic E-state index is -1.07. The summed E-state index contributed by atoms with van der Waals surface area (Å²) >= 11 is 22.8. The number of carbonyl (C=O) groups excluding carboxylic acids is 3. The van der Waals surface area contributed by atoms with E-state index in [9.17, 15) is 24.3 Å². The Hall–Kier alpha value is -10.2. The fraction of sp³-hybridized carbons (Fsp3) is 0.415. The molecule has 19 N–H and O–H groups in total. The molecule has 37 nitrogen and oxygen atoms in total. The summed E-state index contributed by atoms with van der Waals surface area (Å²) in [5.74, 6) is 27.4. The van der Waals surface area contributed by atoms with Crippen molar-refractivity contribution >= 4 is 140 Å². The first-order valence-electron chi connectivity index (χ1n) is 27.5. The fourth-order valence-corrected chi connectivity index (χ4v) is 8.02. The SMILES string of the molecule is CC#CC(=O)O.CC#CC(=O)OC(=O)OC(C)C.CC#CC(O)NNc1nc(N)nc2c1cnn2CCCl.CC#Cc1nc2c3cnn(CCCl)c3nc(N)n2n1.CC(C)(C)OC(=O)NNC1N=C(N)Nc2c1cnn2CCCl.NNC1N=C(N)Nc2c1cnn2CCCl. The number of ether oxygens (including phenoxy) is 3. The summed E-state index contributed by atoms with van der Waals surface area (Å²) in [6.07, 6.45) is 2.74. The highest BCUT2D eigenvalue weighted by molar-refractivity contribution is 6.18. The summed E-state index contributed by atoms with van der Waals surface area (Å²) in [5.41, 5.74) is 38.8. The highest BCUT2D eigenvalue weighted by Crippen LogP contribution is 2.28. The molecular weight excluding hydrogens is 1310 g/mol. The van der Waals surface area contributed by atoms with Crippen LogP contribution < -0.4 is 66.5 Å². The average molecular weight is 1390 g/mol. The molecule has 2 aliphatic heterocycles. The van der Waals surface area contributed by atoms with E-state index in [-0.39, 0.29) is 30.1 Å². The van der Waals surface area contributed by atoms with Crippen LogP contribution in [0.1, 0.15) is 91.6 Å². The number of aryl methyl sites for hydroxylation is 4. The molecule has 3 atom stereocenters. The summed E-state index contributed by atoms with van der Waals surface area (Å²) in [5, 5.41) is 45.5. The molecule has 504 valence electrons. The molecule has 9 rings (SSSR count). The number of nitrogen functional groups attached to an aromatic ring is 2. The van der Waals surface area contributed by atoms with Gasteiger partial charge >= 0.3 is 24.2 Å². The molecule has 1 amide bonds. The molecule has 41 heteroatoms. The Kier molecular flexibility index (Phi) is 30.8. The number of guanidine groups is 2. The van der Waals surface area contributed by atoms with Crippen LogP contribution in [-0.2, 0) is 50.0 Å². The lowest BCUT2D eigenvalue weighted by Crippen LogP contribution is -2.44. The molecule has 0 fully saturated rings. The number of aliphatic hydroxyl groups is 1. The molecule has 0 aliphatic carbocycles. The maximum absolute atomic E-state index is 11.7. The van der Waals surface area contributed by atoms with Crippen LogP contribution >= 0.6 is 46.4 Å². The minimum Gasteiger partial charge on any atom is -0.472 e. The van der Waals surface area contributed by atoms with Crippen molar-refractivity contribution in [1.82, 2.24) is 90.4 Å². The Morgan fingerprint density at radius 1 is 0.702 bits per heavy atom. The van der Waals surface area contributed by atoms with Crippen molar-refractivity contribution in [3.05, 3.63) is 41.7 Å². The first-order valence-corrected chi connectivity index (χ1v) is 29.6. The third-order valence-electron chi connectivity index (χ3n) is 10.8. The number of carbonyl (C=O) groups is 4. The molecule has 0 saturated carbocycles. The number of aliphatic imine (C=N–C) groups is 2. The number of esters is 1. The molecule has 7 aromatic heterocycles. The summed E-state index contributed by atoms with van der Waals surface area (Å²) in [6.45, 7) is 17.1. The van der Waals surface area contributed by atoms with Gasteiger partial charge in [-0.25, -0.2) is 58.7 Å². The number of alkyl halides is 4. The Balaban J connectivity index is 0.000000248. The van der Waals surface area contributed by atoms with Crippen molar-refractivity contribution in [2.75, 3.05) is 51.0 Å². The smallest absolute Gasteiger partial charge is 0.472 e. The monoisotopic (exact) mass is 1380 g/mol. The lowest BCUT2D eigenvalue weighted by molar-refractivity contribution is -0.134. The zero-order chi connectivity index (χ0) is 69.7. The number of aliphatic carboxylic acids is 1. The number of aliphatic hydroxyl groups excluding tert-OH is 1. The van der Waals surface area contributed by atoms with Crippen molar-refractivity contribution in [3.8, 4) is 47.4 Å². The van der Waals surface area contributed by atoms with Gasteiger partial charge in [0.2, 0.25) is 17.7 Å². The van der Waals surface area contributed by atoms with Gasteiger partial charge in [-0.3, -0.25) is 11.3 Å². The van der Waals surface area contributed by atoms with Gasteiger partial charge in [0.05, 0.1) is 79.0 Å². The largest absolute Gasteiger partial charge is 0.517 e. The maximum atomic E-state index is 11.7. The van der Waals surface area contributed by atoms with E-state index in [0.29, 0.717) is 95.4 Å². The maximum Gasteiger partial charge on any atom is 0.517 e. The molecule has 9 heterocycles. The Morgan fingerprint density at radius 2 is 1.23 bits per heavy atom. The summed E-state index contributed by atoms with van der Waals surface area (Å²) in [6, 6.07) is 0. The van der Waals surface area contributed by atoms with E-state index in [1.165, 1.54) is 18.4 Å². The quantitative estimate of drug-likeness (QED) is 0.0102. The number of rotatable bonds is 15. The predicted molar refractivity (Wildman–Crippen MR) is 352 cm³/mol. The number of aromatic nitrogens is 14. The average Bonchev–Trinajstić information content (AvgIpc) is 1.63. The summed E-state index contributed by atoms with van der Waals surface area (Å²) in [4.78, 5) is 67.3. The van der Waals surface area contributed by atoms with Gasteiger partial charge in [-0.05, 0) is 68.2 Å².